The predicted molar refractivity (Wildman–Crippen MR) is 102 cm³/mol. The number of amides is 1. The summed E-state index contributed by atoms with van der Waals surface area (Å²) in [5.41, 5.74) is 3.01. The van der Waals surface area contributed by atoms with Gasteiger partial charge in [-0.2, -0.15) is 5.10 Å². The van der Waals surface area contributed by atoms with Crippen LogP contribution >= 0.6 is 0 Å². The van der Waals surface area contributed by atoms with E-state index in [0.29, 0.717) is 25.4 Å². The molecule has 1 aromatic heterocycles. The molecule has 8 heteroatoms. The number of piperidine rings is 1. The van der Waals surface area contributed by atoms with Crippen molar-refractivity contribution in [2.75, 3.05) is 25.9 Å². The first kappa shape index (κ1) is 20.9. The van der Waals surface area contributed by atoms with Crippen LogP contribution in [-0.2, 0) is 27.8 Å². The zero-order valence-electron chi connectivity index (χ0n) is 16.6. The molecule has 0 spiro atoms. The smallest absolute Gasteiger partial charge is 0.227 e. The standard InChI is InChI=1S/C18H32N4O3S/c1-13(2)11-22-15(4)17(14(3)20-22)9-18(23)21-8-6-7-16(12-21)10-19-26(5,24)25/h13,16,19H,6-12H2,1-5H3/t16-/m1/s1. The maximum absolute atomic E-state index is 12.8. The van der Waals surface area contributed by atoms with Gasteiger partial charge in [0.15, 0.2) is 0 Å². The van der Waals surface area contributed by atoms with Crippen LogP contribution in [0.5, 0.6) is 0 Å². The Kier molecular flexibility index (Phi) is 6.85. The van der Waals surface area contributed by atoms with E-state index in [2.05, 4.69) is 23.7 Å². The molecule has 1 N–H and O–H groups in total. The van der Waals surface area contributed by atoms with Gasteiger partial charge in [0.1, 0.15) is 0 Å². The fourth-order valence-electron chi connectivity index (χ4n) is 3.50. The third kappa shape index (κ3) is 5.81. The molecule has 1 aliphatic heterocycles. The molecule has 0 bridgehead atoms. The molecule has 1 amide bonds. The molecule has 1 fully saturated rings. The SMILES string of the molecule is Cc1nn(CC(C)C)c(C)c1CC(=O)N1CCC[C@H](CNS(C)(=O)=O)C1. The Hall–Kier alpha value is -1.41. The van der Waals surface area contributed by atoms with E-state index in [4.69, 9.17) is 0 Å². The number of carbonyl (C=O) groups excluding carboxylic acids is 1. The highest BCUT2D eigenvalue weighted by Crippen LogP contribution is 2.20. The van der Waals surface area contributed by atoms with E-state index in [1.165, 1.54) is 6.26 Å². The number of rotatable bonds is 7. The fraction of sp³-hybridized carbons (Fsp3) is 0.778. The first-order valence-corrected chi connectivity index (χ1v) is 11.2. The number of aryl methyl sites for hydroxylation is 1. The molecular formula is C18H32N4O3S. The molecule has 0 aromatic carbocycles. The maximum atomic E-state index is 12.8. The Morgan fingerprint density at radius 1 is 1.35 bits per heavy atom. The number of hydrogen-bond acceptors (Lipinski definition) is 4. The van der Waals surface area contributed by atoms with Crippen molar-refractivity contribution in [2.45, 2.75) is 53.5 Å². The summed E-state index contributed by atoms with van der Waals surface area (Å²) in [6.07, 6.45) is 3.38. The number of hydrogen-bond donors (Lipinski definition) is 1. The summed E-state index contributed by atoms with van der Waals surface area (Å²) >= 11 is 0. The van der Waals surface area contributed by atoms with Gasteiger partial charge in [0.25, 0.3) is 0 Å². The van der Waals surface area contributed by atoms with Gasteiger partial charge in [-0.05, 0) is 38.5 Å². The van der Waals surface area contributed by atoms with E-state index in [0.717, 1.165) is 42.9 Å². The van der Waals surface area contributed by atoms with Crippen molar-refractivity contribution in [3.63, 3.8) is 0 Å². The lowest BCUT2D eigenvalue weighted by Crippen LogP contribution is -2.44. The van der Waals surface area contributed by atoms with Crippen LogP contribution in [0.15, 0.2) is 0 Å². The van der Waals surface area contributed by atoms with Crippen molar-refractivity contribution in [1.29, 1.82) is 0 Å². The van der Waals surface area contributed by atoms with Crippen LogP contribution in [0.25, 0.3) is 0 Å². The lowest BCUT2D eigenvalue weighted by atomic mass is 9.97. The summed E-state index contributed by atoms with van der Waals surface area (Å²) in [5, 5.41) is 4.59. The lowest BCUT2D eigenvalue weighted by Gasteiger charge is -2.33. The minimum atomic E-state index is -3.19. The highest BCUT2D eigenvalue weighted by molar-refractivity contribution is 7.88. The van der Waals surface area contributed by atoms with Crippen LogP contribution in [0.2, 0.25) is 0 Å². The molecule has 1 aromatic rings. The van der Waals surface area contributed by atoms with Crippen LogP contribution < -0.4 is 4.72 Å². The topological polar surface area (TPSA) is 84.3 Å². The number of aromatic nitrogens is 2. The Bertz CT molecular complexity index is 740. The Labute approximate surface area is 157 Å². The highest BCUT2D eigenvalue weighted by Gasteiger charge is 2.26. The number of carbonyl (C=O) groups is 1. The van der Waals surface area contributed by atoms with E-state index >= 15 is 0 Å². The van der Waals surface area contributed by atoms with Gasteiger partial charge in [0.2, 0.25) is 15.9 Å². The molecular weight excluding hydrogens is 352 g/mol. The van der Waals surface area contributed by atoms with Crippen LogP contribution in [0.1, 0.15) is 43.6 Å². The summed E-state index contributed by atoms with van der Waals surface area (Å²) in [4.78, 5) is 14.7. The zero-order valence-corrected chi connectivity index (χ0v) is 17.4. The molecule has 1 saturated heterocycles. The highest BCUT2D eigenvalue weighted by atomic mass is 32.2. The van der Waals surface area contributed by atoms with Crippen molar-refractivity contribution in [3.8, 4) is 0 Å². The minimum absolute atomic E-state index is 0.101. The largest absolute Gasteiger partial charge is 0.342 e. The average Bonchev–Trinajstić information content (AvgIpc) is 2.79. The Morgan fingerprint density at radius 2 is 2.04 bits per heavy atom. The molecule has 0 aliphatic carbocycles. The molecule has 7 nitrogen and oxygen atoms in total. The van der Waals surface area contributed by atoms with Gasteiger partial charge in [-0.25, -0.2) is 13.1 Å². The van der Waals surface area contributed by atoms with Gasteiger partial charge in [0, 0.05) is 37.4 Å². The Balaban J connectivity index is 2.00. The second kappa shape index (κ2) is 8.52. The maximum Gasteiger partial charge on any atom is 0.227 e. The van der Waals surface area contributed by atoms with Crippen LogP contribution in [-0.4, -0.2) is 54.9 Å². The summed E-state index contributed by atoms with van der Waals surface area (Å²) in [7, 11) is -3.19. The summed E-state index contributed by atoms with van der Waals surface area (Å²) in [5.74, 6) is 0.777. The molecule has 0 radical (unpaired) electrons. The first-order chi connectivity index (χ1) is 12.1. The van der Waals surface area contributed by atoms with Gasteiger partial charge < -0.3 is 4.90 Å². The predicted octanol–water partition coefficient (Wildman–Crippen LogP) is 1.49. The average molecular weight is 385 g/mol. The third-order valence-electron chi connectivity index (χ3n) is 4.90. The number of sulfonamides is 1. The van der Waals surface area contributed by atoms with E-state index in [1.54, 1.807) is 0 Å². The van der Waals surface area contributed by atoms with E-state index in [-0.39, 0.29) is 11.8 Å². The van der Waals surface area contributed by atoms with Gasteiger partial charge in [0.05, 0.1) is 18.4 Å². The van der Waals surface area contributed by atoms with Crippen molar-refractivity contribution in [2.24, 2.45) is 11.8 Å². The first-order valence-electron chi connectivity index (χ1n) is 9.32. The Morgan fingerprint density at radius 3 is 2.65 bits per heavy atom. The molecule has 0 unspecified atom stereocenters. The molecule has 2 rings (SSSR count). The summed E-state index contributed by atoms with van der Waals surface area (Å²) in [6, 6.07) is 0. The molecule has 1 atom stereocenters. The minimum Gasteiger partial charge on any atom is -0.342 e. The van der Waals surface area contributed by atoms with Gasteiger partial charge in [-0.1, -0.05) is 13.8 Å². The van der Waals surface area contributed by atoms with Crippen LogP contribution in [0, 0.1) is 25.7 Å². The summed E-state index contributed by atoms with van der Waals surface area (Å²) < 4.78 is 27.1. The molecule has 1 aliphatic rings. The van der Waals surface area contributed by atoms with Crippen molar-refractivity contribution >= 4 is 15.9 Å². The molecule has 0 saturated carbocycles. The molecule has 2 heterocycles. The van der Waals surface area contributed by atoms with Crippen molar-refractivity contribution in [1.82, 2.24) is 19.4 Å². The van der Waals surface area contributed by atoms with Crippen LogP contribution in [0.4, 0.5) is 0 Å². The van der Waals surface area contributed by atoms with Crippen molar-refractivity contribution in [3.05, 3.63) is 17.0 Å². The zero-order chi connectivity index (χ0) is 19.5. The quantitative estimate of drug-likeness (QED) is 0.772. The normalized spacial score (nSPS) is 18.5. The lowest BCUT2D eigenvalue weighted by molar-refractivity contribution is -0.132. The summed E-state index contributed by atoms with van der Waals surface area (Å²) in [6.45, 7) is 10.9. The second-order valence-corrected chi connectivity index (χ2v) is 9.70. The molecule has 26 heavy (non-hydrogen) atoms. The number of likely N-dealkylation sites (tertiary alicyclic amines) is 1. The van der Waals surface area contributed by atoms with E-state index < -0.39 is 10.0 Å². The number of nitrogens with zero attached hydrogens (tertiary/aromatic N) is 3. The monoisotopic (exact) mass is 384 g/mol. The second-order valence-electron chi connectivity index (χ2n) is 7.87. The van der Waals surface area contributed by atoms with Gasteiger partial charge in [-0.15, -0.1) is 0 Å². The van der Waals surface area contributed by atoms with E-state index in [1.807, 2.05) is 23.4 Å². The fourth-order valence-corrected chi connectivity index (χ4v) is 4.04. The number of nitrogens with one attached hydrogen (secondary N) is 1. The van der Waals surface area contributed by atoms with E-state index in [9.17, 15) is 13.2 Å². The third-order valence-corrected chi connectivity index (χ3v) is 5.59. The van der Waals surface area contributed by atoms with Gasteiger partial charge in [-0.3, -0.25) is 9.48 Å². The molecule has 148 valence electrons. The van der Waals surface area contributed by atoms with Gasteiger partial charge >= 0.3 is 0 Å². The van der Waals surface area contributed by atoms with Crippen LogP contribution in [0.3, 0.4) is 0 Å². The van der Waals surface area contributed by atoms with Crippen molar-refractivity contribution < 1.29 is 13.2 Å².